The van der Waals surface area contributed by atoms with E-state index in [4.69, 9.17) is 23.7 Å². The number of halogens is 1. The predicted octanol–water partition coefficient (Wildman–Crippen LogP) is 4.97. The largest absolute Gasteiger partial charge is 0.486 e. The van der Waals surface area contributed by atoms with Crippen LogP contribution in [0.15, 0.2) is 72.9 Å². The lowest BCUT2D eigenvalue weighted by Gasteiger charge is -2.15. The number of hydrogen-bond donors (Lipinski definition) is 0. The van der Waals surface area contributed by atoms with Gasteiger partial charge in [0.1, 0.15) is 26.4 Å². The van der Waals surface area contributed by atoms with Gasteiger partial charge in [-0.3, -0.25) is 0 Å². The molecule has 0 amide bonds. The summed E-state index contributed by atoms with van der Waals surface area (Å²) in [7, 11) is 0. The first kappa shape index (κ1) is 28.8. The van der Waals surface area contributed by atoms with Crippen LogP contribution in [0.3, 0.4) is 0 Å². The van der Waals surface area contributed by atoms with Crippen molar-refractivity contribution in [2.45, 2.75) is 20.8 Å². The number of benzene rings is 2. The molecule has 37 heavy (non-hydrogen) atoms. The van der Waals surface area contributed by atoms with Gasteiger partial charge in [0, 0.05) is 16.7 Å². The van der Waals surface area contributed by atoms with Crippen LogP contribution in [0.25, 0.3) is 11.1 Å². The zero-order valence-corrected chi connectivity index (χ0v) is 21.1. The minimum absolute atomic E-state index is 0.00757. The van der Waals surface area contributed by atoms with E-state index in [0.717, 1.165) is 0 Å². The molecule has 0 aliphatic carbocycles. The van der Waals surface area contributed by atoms with Gasteiger partial charge in [0.2, 0.25) is 0 Å². The molecule has 0 aliphatic rings. The van der Waals surface area contributed by atoms with Crippen molar-refractivity contribution in [1.29, 1.82) is 0 Å². The Labute approximate surface area is 214 Å². The number of esters is 3. The third-order valence-corrected chi connectivity index (χ3v) is 4.61. The highest BCUT2D eigenvalue weighted by molar-refractivity contribution is 5.89. The molecule has 0 fully saturated rings. The molecule has 0 aromatic heterocycles. The second-order valence-electron chi connectivity index (χ2n) is 8.01. The normalized spacial score (nSPS) is 10.2. The van der Waals surface area contributed by atoms with Gasteiger partial charge in [0.05, 0.1) is 0 Å². The minimum Gasteiger partial charge on any atom is -0.486 e. The molecule has 0 aliphatic heterocycles. The van der Waals surface area contributed by atoms with Gasteiger partial charge in [0.15, 0.2) is 23.1 Å². The quantitative estimate of drug-likeness (QED) is 0.161. The van der Waals surface area contributed by atoms with Gasteiger partial charge in [-0.2, -0.15) is 0 Å². The molecule has 9 heteroatoms. The van der Waals surface area contributed by atoms with Crippen LogP contribution in [0.5, 0.6) is 17.2 Å². The number of carbonyl (C=O) groups excluding carboxylic acids is 3. The zero-order valence-electron chi connectivity index (χ0n) is 21.1. The van der Waals surface area contributed by atoms with Crippen LogP contribution < -0.4 is 14.2 Å². The van der Waals surface area contributed by atoms with Crippen molar-refractivity contribution in [1.82, 2.24) is 0 Å². The third kappa shape index (κ3) is 8.96. The molecule has 0 N–H and O–H groups in total. The van der Waals surface area contributed by atoms with Crippen molar-refractivity contribution in [3.8, 4) is 28.4 Å². The van der Waals surface area contributed by atoms with Crippen LogP contribution in [-0.2, 0) is 23.9 Å². The van der Waals surface area contributed by atoms with Crippen molar-refractivity contribution in [2.75, 3.05) is 26.4 Å². The molecule has 2 rings (SSSR count). The Morgan fingerprint density at radius 1 is 0.649 bits per heavy atom. The highest BCUT2D eigenvalue weighted by atomic mass is 19.1. The summed E-state index contributed by atoms with van der Waals surface area (Å²) in [4.78, 5) is 34.8. The van der Waals surface area contributed by atoms with Gasteiger partial charge in [-0.1, -0.05) is 31.9 Å². The number of hydrogen-bond acceptors (Lipinski definition) is 8. The van der Waals surface area contributed by atoms with Gasteiger partial charge >= 0.3 is 17.9 Å². The standard InChI is InChI=1S/C28H29FO8/c1-17(2)26(30)35-13-11-33-24-10-8-21(16-25(24)34-12-14-36-27(31)18(3)4)20-7-9-23(22(29)15-20)37-28(32)19(5)6/h7-10,15-16H,1,3,5,11-14H2,2,4,6H3. The van der Waals surface area contributed by atoms with Gasteiger partial charge in [-0.25, -0.2) is 18.8 Å². The van der Waals surface area contributed by atoms with Gasteiger partial charge in [0.25, 0.3) is 0 Å². The molecule has 0 spiro atoms. The first-order valence-electron chi connectivity index (χ1n) is 11.2. The highest BCUT2D eigenvalue weighted by Gasteiger charge is 2.14. The molecular weight excluding hydrogens is 483 g/mol. The summed E-state index contributed by atoms with van der Waals surface area (Å²) >= 11 is 0. The van der Waals surface area contributed by atoms with E-state index in [2.05, 4.69) is 19.7 Å². The second-order valence-corrected chi connectivity index (χ2v) is 8.01. The van der Waals surface area contributed by atoms with Crippen LogP contribution in [0, 0.1) is 5.82 Å². The number of rotatable bonds is 13. The molecule has 196 valence electrons. The van der Waals surface area contributed by atoms with Crippen LogP contribution in [-0.4, -0.2) is 44.3 Å². The van der Waals surface area contributed by atoms with Crippen LogP contribution >= 0.6 is 0 Å². The Bertz CT molecular complexity index is 1210. The fourth-order valence-electron chi connectivity index (χ4n) is 2.69. The lowest BCUT2D eigenvalue weighted by atomic mass is 10.0. The van der Waals surface area contributed by atoms with Crippen molar-refractivity contribution in [3.63, 3.8) is 0 Å². The summed E-state index contributed by atoms with van der Waals surface area (Å²) in [5, 5.41) is 0. The first-order valence-corrected chi connectivity index (χ1v) is 11.2. The lowest BCUT2D eigenvalue weighted by molar-refractivity contribution is -0.140. The molecule has 0 unspecified atom stereocenters. The van der Waals surface area contributed by atoms with Crippen LogP contribution in [0.2, 0.25) is 0 Å². The molecule has 0 radical (unpaired) electrons. The van der Waals surface area contributed by atoms with Crippen molar-refractivity contribution in [3.05, 3.63) is 78.7 Å². The number of carbonyl (C=O) groups is 3. The van der Waals surface area contributed by atoms with Crippen LogP contribution in [0.4, 0.5) is 4.39 Å². The predicted molar refractivity (Wildman–Crippen MR) is 135 cm³/mol. The fourth-order valence-corrected chi connectivity index (χ4v) is 2.69. The van der Waals surface area contributed by atoms with E-state index in [1.165, 1.54) is 32.9 Å². The monoisotopic (exact) mass is 512 g/mol. The average molecular weight is 513 g/mol. The van der Waals surface area contributed by atoms with Crippen molar-refractivity contribution < 1.29 is 42.5 Å². The first-order chi connectivity index (χ1) is 17.5. The summed E-state index contributed by atoms with van der Waals surface area (Å²) in [6.07, 6.45) is 0. The fraction of sp³-hybridized carbons (Fsp3) is 0.250. The van der Waals surface area contributed by atoms with E-state index in [0.29, 0.717) is 16.9 Å². The molecule has 2 aromatic rings. The minimum atomic E-state index is -0.735. The second kappa shape index (κ2) is 13.6. The maximum atomic E-state index is 14.6. The Balaban J connectivity index is 2.20. The Hall–Kier alpha value is -4.40. The Morgan fingerprint density at radius 3 is 1.59 bits per heavy atom. The van der Waals surface area contributed by atoms with E-state index >= 15 is 0 Å². The van der Waals surface area contributed by atoms with E-state index in [1.807, 2.05) is 0 Å². The van der Waals surface area contributed by atoms with Gasteiger partial charge in [-0.05, 0) is 56.2 Å². The lowest BCUT2D eigenvalue weighted by Crippen LogP contribution is -2.14. The number of ether oxygens (including phenoxy) is 5. The summed E-state index contributed by atoms with van der Waals surface area (Å²) in [5.41, 5.74) is 1.73. The molecule has 0 saturated carbocycles. The third-order valence-electron chi connectivity index (χ3n) is 4.61. The summed E-state index contributed by atoms with van der Waals surface area (Å²) in [6, 6.07) is 9.03. The molecule has 0 saturated heterocycles. The molecule has 0 bridgehead atoms. The summed E-state index contributed by atoms with van der Waals surface area (Å²) in [6.45, 7) is 15.0. The van der Waals surface area contributed by atoms with Crippen molar-refractivity contribution >= 4 is 17.9 Å². The average Bonchev–Trinajstić information content (AvgIpc) is 2.85. The smallest absolute Gasteiger partial charge is 0.338 e. The molecule has 0 atom stereocenters. The molecule has 8 nitrogen and oxygen atoms in total. The van der Waals surface area contributed by atoms with Gasteiger partial charge in [-0.15, -0.1) is 0 Å². The Morgan fingerprint density at radius 2 is 1.11 bits per heavy atom. The van der Waals surface area contributed by atoms with Crippen molar-refractivity contribution in [2.24, 2.45) is 0 Å². The van der Waals surface area contributed by atoms with E-state index in [-0.39, 0.29) is 54.6 Å². The van der Waals surface area contributed by atoms with E-state index < -0.39 is 23.7 Å². The maximum Gasteiger partial charge on any atom is 0.338 e. The summed E-state index contributed by atoms with van der Waals surface area (Å²) < 4.78 is 41.1. The van der Waals surface area contributed by atoms with E-state index in [9.17, 15) is 18.8 Å². The maximum absolute atomic E-state index is 14.6. The zero-order chi connectivity index (χ0) is 27.5. The Kier molecular flexibility index (Phi) is 10.6. The highest BCUT2D eigenvalue weighted by Crippen LogP contribution is 2.34. The summed E-state index contributed by atoms with van der Waals surface area (Å²) in [5.74, 6) is -2.16. The molecule has 2 aromatic carbocycles. The van der Waals surface area contributed by atoms with E-state index in [1.54, 1.807) is 24.3 Å². The van der Waals surface area contributed by atoms with Gasteiger partial charge < -0.3 is 23.7 Å². The molecule has 0 heterocycles. The topological polar surface area (TPSA) is 97.4 Å². The molecular formula is C28H29FO8. The van der Waals surface area contributed by atoms with Crippen LogP contribution in [0.1, 0.15) is 20.8 Å². The SMILES string of the molecule is C=C(C)C(=O)OCCOc1ccc(-c2ccc(OC(=O)C(=C)C)c(F)c2)cc1OCCOC(=O)C(=C)C.